The number of rotatable bonds is 5. The quantitative estimate of drug-likeness (QED) is 0.630. The molecule has 0 spiro atoms. The Hall–Kier alpha value is -2.23. The minimum absolute atomic E-state index is 0.173. The van der Waals surface area contributed by atoms with Gasteiger partial charge >= 0.3 is 0 Å². The van der Waals surface area contributed by atoms with Crippen molar-refractivity contribution >= 4 is 45.6 Å². The first-order chi connectivity index (χ1) is 11.6. The summed E-state index contributed by atoms with van der Waals surface area (Å²) in [6, 6.07) is 19.1. The number of amides is 1. The van der Waals surface area contributed by atoms with Crippen LogP contribution >= 0.6 is 23.2 Å². The second-order valence-electron chi connectivity index (χ2n) is 5.34. The van der Waals surface area contributed by atoms with Crippen molar-refractivity contribution in [2.24, 2.45) is 0 Å². The summed E-state index contributed by atoms with van der Waals surface area (Å²) in [4.78, 5) is 12.1. The third-order valence-corrected chi connectivity index (χ3v) is 4.44. The van der Waals surface area contributed by atoms with E-state index in [2.05, 4.69) is 28.8 Å². The van der Waals surface area contributed by atoms with Gasteiger partial charge in [0.25, 0.3) is 5.91 Å². The van der Waals surface area contributed by atoms with E-state index in [0.29, 0.717) is 28.7 Å². The summed E-state index contributed by atoms with van der Waals surface area (Å²) in [5, 5.41) is 9.37. The molecule has 3 aromatic carbocycles. The molecule has 0 aliphatic rings. The van der Waals surface area contributed by atoms with Crippen LogP contribution < -0.4 is 10.6 Å². The molecule has 3 rings (SSSR count). The average molecular weight is 359 g/mol. The maximum Gasteiger partial charge on any atom is 0.251 e. The van der Waals surface area contributed by atoms with Crippen LogP contribution in [-0.4, -0.2) is 19.0 Å². The van der Waals surface area contributed by atoms with E-state index in [9.17, 15) is 4.79 Å². The molecule has 2 N–H and O–H groups in total. The Bertz CT molecular complexity index is 875. The van der Waals surface area contributed by atoms with Crippen LogP contribution in [0.2, 0.25) is 10.0 Å². The Kier molecular flexibility index (Phi) is 5.24. The summed E-state index contributed by atoms with van der Waals surface area (Å²) in [7, 11) is 0. The molecule has 3 aromatic rings. The normalized spacial score (nSPS) is 10.6. The highest BCUT2D eigenvalue weighted by Gasteiger charge is 2.07. The fourth-order valence-corrected chi connectivity index (χ4v) is 2.79. The van der Waals surface area contributed by atoms with Crippen LogP contribution in [0.25, 0.3) is 10.8 Å². The van der Waals surface area contributed by atoms with Gasteiger partial charge in [0, 0.05) is 29.7 Å². The molecule has 1 amide bonds. The predicted molar refractivity (Wildman–Crippen MR) is 101 cm³/mol. The maximum atomic E-state index is 12.1. The number of carbonyl (C=O) groups excluding carboxylic acids is 1. The van der Waals surface area contributed by atoms with Crippen molar-refractivity contribution in [2.75, 3.05) is 18.4 Å². The number of benzene rings is 3. The maximum absolute atomic E-state index is 12.1. The van der Waals surface area contributed by atoms with Gasteiger partial charge in [-0.1, -0.05) is 59.6 Å². The monoisotopic (exact) mass is 358 g/mol. The van der Waals surface area contributed by atoms with Crippen LogP contribution in [0.15, 0.2) is 60.7 Å². The molecule has 3 nitrogen and oxygen atoms in total. The molecule has 0 aromatic heterocycles. The topological polar surface area (TPSA) is 41.1 Å². The molecule has 5 heteroatoms. The van der Waals surface area contributed by atoms with Crippen LogP contribution in [0, 0.1) is 0 Å². The molecule has 0 unspecified atom stereocenters. The Morgan fingerprint density at radius 1 is 0.875 bits per heavy atom. The highest BCUT2D eigenvalue weighted by Crippen LogP contribution is 2.23. The molecule has 0 bridgehead atoms. The number of anilines is 1. The zero-order chi connectivity index (χ0) is 16.9. The summed E-state index contributed by atoms with van der Waals surface area (Å²) in [5.41, 5.74) is 1.55. The Morgan fingerprint density at radius 2 is 1.67 bits per heavy atom. The summed E-state index contributed by atoms with van der Waals surface area (Å²) < 4.78 is 0. The average Bonchev–Trinajstić information content (AvgIpc) is 2.61. The van der Waals surface area contributed by atoms with Crippen molar-refractivity contribution in [3.05, 3.63) is 76.3 Å². The van der Waals surface area contributed by atoms with Gasteiger partial charge in [-0.2, -0.15) is 0 Å². The van der Waals surface area contributed by atoms with Crippen molar-refractivity contribution in [1.82, 2.24) is 5.32 Å². The van der Waals surface area contributed by atoms with E-state index in [-0.39, 0.29) is 5.91 Å². The van der Waals surface area contributed by atoms with Gasteiger partial charge < -0.3 is 10.6 Å². The molecule has 0 aliphatic heterocycles. The van der Waals surface area contributed by atoms with Crippen LogP contribution in [0.4, 0.5) is 5.69 Å². The fraction of sp³-hybridized carbons (Fsp3) is 0.105. The number of fused-ring (bicyclic) bond motifs is 1. The highest BCUT2D eigenvalue weighted by atomic mass is 35.5. The smallest absolute Gasteiger partial charge is 0.251 e. The SMILES string of the molecule is O=C(NCCNc1cccc2ccccc12)c1ccc(Cl)c(Cl)c1. The lowest BCUT2D eigenvalue weighted by Gasteiger charge is -2.11. The van der Waals surface area contributed by atoms with Gasteiger partial charge in [0.1, 0.15) is 0 Å². The first-order valence-corrected chi connectivity index (χ1v) is 8.35. The van der Waals surface area contributed by atoms with E-state index < -0.39 is 0 Å². The molecule has 0 saturated carbocycles. The van der Waals surface area contributed by atoms with Crippen LogP contribution in [0.5, 0.6) is 0 Å². The molecule has 0 fully saturated rings. The molecule has 122 valence electrons. The zero-order valence-electron chi connectivity index (χ0n) is 12.9. The van der Waals surface area contributed by atoms with Crippen molar-refractivity contribution < 1.29 is 4.79 Å². The Morgan fingerprint density at radius 3 is 2.50 bits per heavy atom. The Labute approximate surface area is 150 Å². The first kappa shape index (κ1) is 16.6. The lowest BCUT2D eigenvalue weighted by molar-refractivity contribution is 0.0955. The zero-order valence-corrected chi connectivity index (χ0v) is 14.4. The van der Waals surface area contributed by atoms with E-state index in [1.54, 1.807) is 18.2 Å². The van der Waals surface area contributed by atoms with Crippen LogP contribution in [0.1, 0.15) is 10.4 Å². The van der Waals surface area contributed by atoms with Gasteiger partial charge in [-0.05, 0) is 29.7 Å². The highest BCUT2D eigenvalue weighted by molar-refractivity contribution is 6.42. The molecule has 0 saturated heterocycles. The number of carbonyl (C=O) groups is 1. The third-order valence-electron chi connectivity index (χ3n) is 3.70. The predicted octanol–water partition coefficient (Wildman–Crippen LogP) is 4.99. The number of hydrogen-bond acceptors (Lipinski definition) is 2. The van der Waals surface area contributed by atoms with Gasteiger partial charge in [-0.3, -0.25) is 4.79 Å². The Balaban J connectivity index is 1.56. The van der Waals surface area contributed by atoms with Gasteiger partial charge in [0.2, 0.25) is 0 Å². The lowest BCUT2D eigenvalue weighted by Crippen LogP contribution is -2.28. The van der Waals surface area contributed by atoms with Gasteiger partial charge in [0.05, 0.1) is 10.0 Å². The summed E-state index contributed by atoms with van der Waals surface area (Å²) in [6.07, 6.45) is 0. The van der Waals surface area contributed by atoms with Gasteiger partial charge in [-0.15, -0.1) is 0 Å². The molecule has 0 aliphatic carbocycles. The van der Waals surface area contributed by atoms with Crippen LogP contribution in [0.3, 0.4) is 0 Å². The molecule has 0 atom stereocenters. The van der Waals surface area contributed by atoms with Crippen molar-refractivity contribution in [2.45, 2.75) is 0 Å². The first-order valence-electron chi connectivity index (χ1n) is 7.60. The van der Waals surface area contributed by atoms with E-state index in [1.807, 2.05) is 24.3 Å². The second-order valence-corrected chi connectivity index (χ2v) is 6.15. The summed E-state index contributed by atoms with van der Waals surface area (Å²) in [5.74, 6) is -0.173. The van der Waals surface area contributed by atoms with Crippen molar-refractivity contribution in [3.63, 3.8) is 0 Å². The van der Waals surface area contributed by atoms with Gasteiger partial charge in [-0.25, -0.2) is 0 Å². The van der Waals surface area contributed by atoms with E-state index in [1.165, 1.54) is 5.39 Å². The second kappa shape index (κ2) is 7.56. The molecule has 0 radical (unpaired) electrons. The largest absolute Gasteiger partial charge is 0.383 e. The number of hydrogen-bond donors (Lipinski definition) is 2. The number of halogens is 2. The van der Waals surface area contributed by atoms with Gasteiger partial charge in [0.15, 0.2) is 0 Å². The summed E-state index contributed by atoms with van der Waals surface area (Å²) in [6.45, 7) is 1.13. The molecule has 0 heterocycles. The third kappa shape index (κ3) is 3.81. The van der Waals surface area contributed by atoms with E-state index in [4.69, 9.17) is 23.2 Å². The van der Waals surface area contributed by atoms with E-state index >= 15 is 0 Å². The standard InChI is InChI=1S/C19H16Cl2N2O/c20-16-9-8-14(12-17(16)21)19(24)23-11-10-22-18-7-3-5-13-4-1-2-6-15(13)18/h1-9,12,22H,10-11H2,(H,23,24). The van der Waals surface area contributed by atoms with Crippen LogP contribution in [-0.2, 0) is 0 Å². The van der Waals surface area contributed by atoms with Crippen molar-refractivity contribution in [3.8, 4) is 0 Å². The minimum atomic E-state index is -0.173. The molecular formula is C19H16Cl2N2O. The fourth-order valence-electron chi connectivity index (χ4n) is 2.49. The minimum Gasteiger partial charge on any atom is -0.383 e. The molecular weight excluding hydrogens is 343 g/mol. The molecule has 24 heavy (non-hydrogen) atoms. The van der Waals surface area contributed by atoms with Crippen molar-refractivity contribution in [1.29, 1.82) is 0 Å². The van der Waals surface area contributed by atoms with E-state index in [0.717, 1.165) is 11.1 Å². The number of nitrogens with one attached hydrogen (secondary N) is 2. The lowest BCUT2D eigenvalue weighted by atomic mass is 10.1. The summed E-state index contributed by atoms with van der Waals surface area (Å²) >= 11 is 11.8.